The van der Waals surface area contributed by atoms with Gasteiger partial charge >= 0.3 is 5.97 Å². The van der Waals surface area contributed by atoms with Crippen molar-refractivity contribution < 1.29 is 24.4 Å². The predicted octanol–water partition coefficient (Wildman–Crippen LogP) is 3.12. The van der Waals surface area contributed by atoms with Crippen LogP contribution in [0.2, 0.25) is 0 Å². The first kappa shape index (κ1) is 17.0. The molecule has 0 bridgehead atoms. The van der Waals surface area contributed by atoms with E-state index in [1.165, 1.54) is 0 Å². The zero-order valence-corrected chi connectivity index (χ0v) is 12.8. The summed E-state index contributed by atoms with van der Waals surface area (Å²) in [7, 11) is 0. The van der Waals surface area contributed by atoms with Crippen LogP contribution in [0.3, 0.4) is 0 Å². The Labute approximate surface area is 131 Å². The lowest BCUT2D eigenvalue weighted by atomic mass is 10.0. The van der Waals surface area contributed by atoms with Crippen LogP contribution in [0.1, 0.15) is 42.8 Å². The number of hydrogen-bond acceptors (Lipinski definition) is 9. The first-order valence-corrected chi connectivity index (χ1v) is 6.87. The van der Waals surface area contributed by atoms with E-state index in [2.05, 4.69) is 0 Å². The standard InChI is InChI=1S/C14H16N2O7/c1-4-22-14(17)11-9-5-8(15(18)19)6-10(16(20)21)13(9)23-12(11)7(2)3/h5-7,20-21H,4H2,1-3H3/q-2. The molecule has 0 atom stereocenters. The van der Waals surface area contributed by atoms with Gasteiger partial charge in [0.25, 0.3) is 0 Å². The maximum absolute atomic E-state index is 12.2. The van der Waals surface area contributed by atoms with Crippen LogP contribution in [0.4, 0.5) is 11.4 Å². The Morgan fingerprint density at radius 3 is 2.48 bits per heavy atom. The number of esters is 1. The lowest BCUT2D eigenvalue weighted by molar-refractivity contribution is 0.0295. The number of ether oxygens (including phenoxy) is 1. The van der Waals surface area contributed by atoms with E-state index < -0.39 is 16.9 Å². The van der Waals surface area contributed by atoms with E-state index in [0.29, 0.717) is 0 Å². The molecule has 1 heterocycles. The van der Waals surface area contributed by atoms with E-state index >= 15 is 0 Å². The van der Waals surface area contributed by atoms with Crippen molar-refractivity contribution in [1.82, 2.24) is 0 Å². The number of carbonyl (C=O) groups is 1. The molecule has 0 spiro atoms. The molecule has 9 heteroatoms. The third kappa shape index (κ3) is 3.08. The molecule has 0 saturated carbocycles. The summed E-state index contributed by atoms with van der Waals surface area (Å²) in [5, 5.41) is 39.8. The highest BCUT2D eigenvalue weighted by Crippen LogP contribution is 2.39. The molecule has 0 unspecified atom stereocenters. The van der Waals surface area contributed by atoms with Gasteiger partial charge in [-0.3, -0.25) is 10.4 Å². The molecule has 23 heavy (non-hydrogen) atoms. The minimum Gasteiger partial charge on any atom is -0.769 e. The number of carbonyl (C=O) groups excluding carboxylic acids is 1. The lowest BCUT2D eigenvalue weighted by Crippen LogP contribution is -2.13. The Kier molecular flexibility index (Phi) is 4.76. The molecular formula is C14H16N2O7-2. The normalized spacial score (nSPS) is 11.1. The van der Waals surface area contributed by atoms with Crippen LogP contribution < -0.4 is 10.5 Å². The summed E-state index contributed by atoms with van der Waals surface area (Å²) >= 11 is 0. The average Bonchev–Trinajstić information content (AvgIpc) is 2.85. The van der Waals surface area contributed by atoms with Crippen LogP contribution in [0.15, 0.2) is 16.5 Å². The van der Waals surface area contributed by atoms with Crippen LogP contribution in [0, 0.1) is 10.4 Å². The fraction of sp³-hybridized carbons (Fsp3) is 0.357. The number of furan rings is 1. The van der Waals surface area contributed by atoms with E-state index in [0.717, 1.165) is 12.1 Å². The molecule has 0 aliphatic heterocycles. The summed E-state index contributed by atoms with van der Waals surface area (Å²) in [6, 6.07) is 2.08. The number of fused-ring (bicyclic) bond motifs is 1. The Bertz CT molecular complexity index is 721. The molecule has 0 saturated heterocycles. The van der Waals surface area contributed by atoms with E-state index in [9.17, 15) is 25.6 Å². The third-order valence-corrected chi connectivity index (χ3v) is 3.21. The highest BCUT2D eigenvalue weighted by atomic mass is 16.8. The number of anilines is 2. The van der Waals surface area contributed by atoms with Crippen LogP contribution >= 0.6 is 0 Å². The van der Waals surface area contributed by atoms with Crippen molar-refractivity contribution in [3.63, 3.8) is 0 Å². The van der Waals surface area contributed by atoms with Gasteiger partial charge in [-0.15, -0.1) is 5.23 Å². The number of rotatable bonds is 5. The minimum absolute atomic E-state index is 0.0450. The van der Waals surface area contributed by atoms with Crippen LogP contribution in [-0.2, 0) is 4.74 Å². The third-order valence-electron chi connectivity index (χ3n) is 3.21. The molecule has 0 aliphatic carbocycles. The SMILES string of the molecule is CCOC(=O)c1c(C(C)C)oc2c(N(O)O)cc(N([O-])[O-])cc12. The van der Waals surface area contributed by atoms with Crippen molar-refractivity contribution in [2.75, 3.05) is 17.1 Å². The maximum Gasteiger partial charge on any atom is 0.342 e. The van der Waals surface area contributed by atoms with Gasteiger partial charge < -0.3 is 24.8 Å². The fourth-order valence-electron chi connectivity index (χ4n) is 2.26. The van der Waals surface area contributed by atoms with E-state index in [1.54, 1.807) is 20.8 Å². The van der Waals surface area contributed by atoms with Crippen molar-refractivity contribution in [3.8, 4) is 0 Å². The minimum atomic E-state index is -0.705. The lowest BCUT2D eigenvalue weighted by Gasteiger charge is -2.37. The van der Waals surface area contributed by atoms with Crippen molar-refractivity contribution in [2.45, 2.75) is 26.7 Å². The summed E-state index contributed by atoms with van der Waals surface area (Å²) in [5.41, 5.74) is -0.759. The topological polar surface area (TPSA) is 132 Å². The second kappa shape index (κ2) is 6.42. The van der Waals surface area contributed by atoms with Gasteiger partial charge in [-0.1, -0.05) is 13.8 Å². The largest absolute Gasteiger partial charge is 0.769 e. The zero-order chi connectivity index (χ0) is 17.3. The fourth-order valence-corrected chi connectivity index (χ4v) is 2.26. The van der Waals surface area contributed by atoms with E-state index in [1.807, 2.05) is 0 Å². The molecular weight excluding hydrogens is 308 g/mol. The number of benzene rings is 1. The Balaban J connectivity index is 2.84. The van der Waals surface area contributed by atoms with Gasteiger partial charge in [0, 0.05) is 17.0 Å². The Morgan fingerprint density at radius 1 is 1.35 bits per heavy atom. The monoisotopic (exact) mass is 324 g/mol. The molecule has 0 amide bonds. The highest BCUT2D eigenvalue weighted by molar-refractivity contribution is 6.08. The molecule has 1 aromatic heterocycles. The zero-order valence-electron chi connectivity index (χ0n) is 12.8. The second-order valence-corrected chi connectivity index (χ2v) is 5.10. The summed E-state index contributed by atoms with van der Waals surface area (Å²) in [4.78, 5) is 12.2. The molecule has 2 N–H and O–H groups in total. The second-order valence-electron chi connectivity index (χ2n) is 5.10. The predicted molar refractivity (Wildman–Crippen MR) is 81.5 cm³/mol. The van der Waals surface area contributed by atoms with Gasteiger partial charge in [0.15, 0.2) is 5.58 Å². The van der Waals surface area contributed by atoms with Gasteiger partial charge in [0.1, 0.15) is 17.0 Å². The van der Waals surface area contributed by atoms with Gasteiger partial charge in [-0.25, -0.2) is 4.79 Å². The van der Waals surface area contributed by atoms with Gasteiger partial charge in [-0.2, -0.15) is 0 Å². The van der Waals surface area contributed by atoms with E-state index in [4.69, 9.17) is 9.15 Å². The average molecular weight is 324 g/mol. The quantitative estimate of drug-likeness (QED) is 0.628. The van der Waals surface area contributed by atoms with Crippen LogP contribution in [-0.4, -0.2) is 23.0 Å². The van der Waals surface area contributed by atoms with Crippen molar-refractivity contribution in [2.24, 2.45) is 0 Å². The summed E-state index contributed by atoms with van der Waals surface area (Å²) in [5.74, 6) is -0.662. The number of nitrogens with zero attached hydrogens (tertiary/aromatic N) is 2. The molecule has 9 nitrogen and oxygen atoms in total. The molecule has 1 aromatic carbocycles. The van der Waals surface area contributed by atoms with Crippen LogP contribution in [0.25, 0.3) is 11.0 Å². The molecule has 0 fully saturated rings. The van der Waals surface area contributed by atoms with Crippen LogP contribution in [0.5, 0.6) is 0 Å². The van der Waals surface area contributed by atoms with Crippen molar-refractivity contribution in [1.29, 1.82) is 0 Å². The highest BCUT2D eigenvalue weighted by Gasteiger charge is 2.27. The molecule has 2 rings (SSSR count). The van der Waals surface area contributed by atoms with E-state index in [-0.39, 0.29) is 45.7 Å². The maximum atomic E-state index is 12.2. The molecule has 0 aliphatic rings. The molecule has 126 valence electrons. The van der Waals surface area contributed by atoms with Crippen molar-refractivity contribution >= 4 is 28.3 Å². The molecule has 0 radical (unpaired) electrons. The summed E-state index contributed by atoms with van der Waals surface area (Å²) in [6.07, 6.45) is 0. The first-order chi connectivity index (χ1) is 10.8. The Hall–Kier alpha value is -2.33. The van der Waals surface area contributed by atoms with Gasteiger partial charge in [-0.05, 0) is 19.1 Å². The molecule has 2 aromatic rings. The summed E-state index contributed by atoms with van der Waals surface area (Å²) in [6.45, 7) is 5.29. The summed E-state index contributed by atoms with van der Waals surface area (Å²) < 4.78 is 10.5. The number of hydrogen-bond donors (Lipinski definition) is 2. The van der Waals surface area contributed by atoms with Crippen molar-refractivity contribution in [3.05, 3.63) is 33.9 Å². The first-order valence-electron chi connectivity index (χ1n) is 6.87. The van der Waals surface area contributed by atoms with Gasteiger partial charge in [0.2, 0.25) is 0 Å². The smallest absolute Gasteiger partial charge is 0.342 e. The Morgan fingerprint density at radius 2 is 2.00 bits per heavy atom. The van der Waals surface area contributed by atoms with Gasteiger partial charge in [0.05, 0.1) is 6.61 Å².